The van der Waals surface area contributed by atoms with Crippen molar-refractivity contribution >= 4 is 70.1 Å². The Balaban J connectivity index is 1.47. The van der Waals surface area contributed by atoms with E-state index in [1.54, 1.807) is 104 Å². The summed E-state index contributed by atoms with van der Waals surface area (Å²) in [7, 11) is 1.55. The third-order valence-electron chi connectivity index (χ3n) is 5.60. The number of carbonyl (C=O) groups excluding carboxylic acids is 3. The van der Waals surface area contributed by atoms with Crippen molar-refractivity contribution in [3.05, 3.63) is 124 Å². The fourth-order valence-corrected chi connectivity index (χ4v) is 4.72. The number of rotatable bonds is 10. The van der Waals surface area contributed by atoms with Crippen LogP contribution >= 0.6 is 35.0 Å². The van der Waals surface area contributed by atoms with Gasteiger partial charge in [-0.05, 0) is 72.3 Å². The number of hydrogen-bond donors (Lipinski definition) is 3. The molecule has 0 aliphatic rings. The monoisotopic (exact) mass is 605 g/mol. The lowest BCUT2D eigenvalue weighted by atomic mass is 10.1. The first kappa shape index (κ1) is 29.7. The molecule has 0 saturated carbocycles. The van der Waals surface area contributed by atoms with Gasteiger partial charge >= 0.3 is 0 Å². The van der Waals surface area contributed by atoms with Crippen molar-refractivity contribution in [2.45, 2.75) is 4.90 Å². The first-order chi connectivity index (χ1) is 19.8. The predicted octanol–water partition coefficient (Wildman–Crippen LogP) is 7.14. The molecular weight excluding hydrogens is 581 g/mol. The van der Waals surface area contributed by atoms with Crippen LogP contribution in [0.2, 0.25) is 10.0 Å². The van der Waals surface area contributed by atoms with Crippen LogP contribution in [0.1, 0.15) is 15.9 Å². The molecule has 3 N–H and O–H groups in total. The van der Waals surface area contributed by atoms with Crippen molar-refractivity contribution in [1.82, 2.24) is 5.32 Å². The average Bonchev–Trinajstić information content (AvgIpc) is 2.98. The first-order valence-electron chi connectivity index (χ1n) is 12.3. The van der Waals surface area contributed by atoms with Gasteiger partial charge in [-0.3, -0.25) is 14.4 Å². The smallest absolute Gasteiger partial charge is 0.272 e. The molecule has 0 spiro atoms. The van der Waals surface area contributed by atoms with Gasteiger partial charge in [-0.2, -0.15) is 0 Å². The van der Waals surface area contributed by atoms with Crippen molar-refractivity contribution in [2.75, 3.05) is 23.5 Å². The summed E-state index contributed by atoms with van der Waals surface area (Å²) in [6, 6.07) is 27.6. The second-order valence-electron chi connectivity index (χ2n) is 8.60. The highest BCUT2D eigenvalue weighted by Gasteiger charge is 2.16. The molecular formula is C31H25Cl2N3O4S. The number of amides is 3. The van der Waals surface area contributed by atoms with E-state index >= 15 is 0 Å². The largest absolute Gasteiger partial charge is 0.497 e. The maximum atomic E-state index is 13.4. The quantitative estimate of drug-likeness (QED) is 0.132. The van der Waals surface area contributed by atoms with E-state index in [2.05, 4.69) is 16.0 Å². The van der Waals surface area contributed by atoms with E-state index in [4.69, 9.17) is 27.9 Å². The van der Waals surface area contributed by atoms with E-state index < -0.39 is 11.8 Å². The number of carbonyl (C=O) groups is 3. The Bertz CT molecular complexity index is 1600. The summed E-state index contributed by atoms with van der Waals surface area (Å²) in [5.41, 5.74) is 2.04. The fraction of sp³-hybridized carbons (Fsp3) is 0.0645. The Morgan fingerprint density at radius 2 is 1.63 bits per heavy atom. The van der Waals surface area contributed by atoms with E-state index in [1.807, 2.05) is 6.07 Å². The maximum Gasteiger partial charge on any atom is 0.272 e. The van der Waals surface area contributed by atoms with Crippen LogP contribution < -0.4 is 20.7 Å². The second kappa shape index (κ2) is 14.4. The van der Waals surface area contributed by atoms with Gasteiger partial charge in [-0.15, -0.1) is 11.8 Å². The number of halogens is 2. The van der Waals surface area contributed by atoms with Crippen LogP contribution in [0.25, 0.3) is 6.08 Å². The summed E-state index contributed by atoms with van der Waals surface area (Å²) in [6.45, 7) is 0. The van der Waals surface area contributed by atoms with E-state index in [0.717, 1.165) is 4.90 Å². The number of ether oxygens (including phenoxy) is 1. The first-order valence-corrected chi connectivity index (χ1v) is 14.1. The molecule has 4 aromatic carbocycles. The molecule has 41 heavy (non-hydrogen) atoms. The van der Waals surface area contributed by atoms with Gasteiger partial charge in [0.2, 0.25) is 5.91 Å². The van der Waals surface area contributed by atoms with E-state index in [-0.39, 0.29) is 17.4 Å². The van der Waals surface area contributed by atoms with Gasteiger partial charge in [0.05, 0.1) is 23.6 Å². The van der Waals surface area contributed by atoms with Crippen molar-refractivity contribution in [2.24, 2.45) is 0 Å². The van der Waals surface area contributed by atoms with Crippen LogP contribution in [0.3, 0.4) is 0 Å². The zero-order valence-electron chi connectivity index (χ0n) is 21.8. The van der Waals surface area contributed by atoms with E-state index in [9.17, 15) is 14.4 Å². The highest BCUT2D eigenvalue weighted by Crippen LogP contribution is 2.27. The summed E-state index contributed by atoms with van der Waals surface area (Å²) in [6.07, 6.45) is 1.57. The molecule has 4 rings (SSSR count). The Morgan fingerprint density at radius 3 is 2.41 bits per heavy atom. The van der Waals surface area contributed by atoms with Crippen LogP contribution in [-0.2, 0) is 9.59 Å². The predicted molar refractivity (Wildman–Crippen MR) is 166 cm³/mol. The van der Waals surface area contributed by atoms with Gasteiger partial charge in [0.1, 0.15) is 11.4 Å². The number of nitrogens with one attached hydrogen (secondary N) is 3. The Labute approximate surface area is 251 Å². The van der Waals surface area contributed by atoms with Crippen LogP contribution in [0.4, 0.5) is 11.4 Å². The van der Waals surface area contributed by atoms with Gasteiger partial charge < -0.3 is 20.7 Å². The average molecular weight is 607 g/mol. The summed E-state index contributed by atoms with van der Waals surface area (Å²) >= 11 is 13.4. The molecule has 0 saturated heterocycles. The minimum Gasteiger partial charge on any atom is -0.497 e. The number of benzene rings is 4. The summed E-state index contributed by atoms with van der Waals surface area (Å²) < 4.78 is 5.28. The lowest BCUT2D eigenvalue weighted by Crippen LogP contribution is -2.30. The van der Waals surface area contributed by atoms with E-state index in [0.29, 0.717) is 38.3 Å². The summed E-state index contributed by atoms with van der Waals surface area (Å²) in [4.78, 5) is 39.5. The molecule has 0 aliphatic heterocycles. The van der Waals surface area contributed by atoms with Crippen LogP contribution in [0.5, 0.6) is 5.75 Å². The molecule has 0 aromatic heterocycles. The van der Waals surface area contributed by atoms with Crippen molar-refractivity contribution < 1.29 is 19.1 Å². The lowest BCUT2D eigenvalue weighted by Gasteiger charge is -2.12. The van der Waals surface area contributed by atoms with Crippen molar-refractivity contribution in [3.8, 4) is 5.75 Å². The lowest BCUT2D eigenvalue weighted by molar-refractivity contribution is -0.114. The SMILES string of the molecule is COc1cccc(/C=C(\NC(=O)c2ccccc2)C(=O)Nc2cccc(SCC(=O)Nc3cc(Cl)ccc3Cl)c2)c1. The van der Waals surface area contributed by atoms with Gasteiger partial charge in [0, 0.05) is 21.2 Å². The van der Waals surface area contributed by atoms with Crippen LogP contribution in [0, 0.1) is 0 Å². The molecule has 3 amide bonds. The molecule has 0 unspecified atom stereocenters. The third-order valence-corrected chi connectivity index (χ3v) is 7.16. The molecule has 7 nitrogen and oxygen atoms in total. The fourth-order valence-electron chi connectivity index (χ4n) is 3.63. The minimum absolute atomic E-state index is 0.0444. The molecule has 0 radical (unpaired) electrons. The van der Waals surface area contributed by atoms with Crippen LogP contribution in [-0.4, -0.2) is 30.6 Å². The van der Waals surface area contributed by atoms with Gasteiger partial charge in [0.25, 0.3) is 11.8 Å². The molecule has 10 heteroatoms. The summed E-state index contributed by atoms with van der Waals surface area (Å²) in [5.74, 6) is -0.494. The van der Waals surface area contributed by atoms with Gasteiger partial charge in [-0.1, -0.05) is 59.6 Å². The Hall–Kier alpha value is -4.24. The molecule has 0 aliphatic carbocycles. The molecule has 208 valence electrons. The Morgan fingerprint density at radius 1 is 0.854 bits per heavy atom. The van der Waals surface area contributed by atoms with Gasteiger partial charge in [0.15, 0.2) is 0 Å². The van der Waals surface area contributed by atoms with Crippen molar-refractivity contribution in [1.29, 1.82) is 0 Å². The molecule has 4 aromatic rings. The molecule has 0 heterocycles. The normalized spacial score (nSPS) is 11.0. The zero-order valence-corrected chi connectivity index (χ0v) is 24.1. The minimum atomic E-state index is -0.521. The number of methoxy groups -OCH3 is 1. The molecule has 0 atom stereocenters. The van der Waals surface area contributed by atoms with E-state index in [1.165, 1.54) is 11.8 Å². The second-order valence-corrected chi connectivity index (χ2v) is 10.5. The van der Waals surface area contributed by atoms with Crippen LogP contribution in [0.15, 0.2) is 108 Å². The third kappa shape index (κ3) is 8.88. The molecule has 0 fully saturated rings. The number of anilines is 2. The van der Waals surface area contributed by atoms with Crippen molar-refractivity contribution in [3.63, 3.8) is 0 Å². The summed E-state index contributed by atoms with van der Waals surface area (Å²) in [5, 5.41) is 9.13. The Kier molecular flexibility index (Phi) is 10.5. The highest BCUT2D eigenvalue weighted by molar-refractivity contribution is 8.00. The maximum absolute atomic E-state index is 13.4. The number of hydrogen-bond acceptors (Lipinski definition) is 5. The van der Waals surface area contributed by atoms with Gasteiger partial charge in [-0.25, -0.2) is 0 Å². The topological polar surface area (TPSA) is 96.5 Å². The highest BCUT2D eigenvalue weighted by atomic mass is 35.5. The molecule has 0 bridgehead atoms. The number of thioether (sulfide) groups is 1. The zero-order chi connectivity index (χ0) is 29.2. The standard InChI is InChI=1S/C31H25Cl2N3O4S/c1-40-24-11-5-7-20(15-24)16-28(36-30(38)21-8-3-2-4-9-21)31(39)34-23-10-6-12-25(18-23)41-19-29(37)35-27-17-22(32)13-14-26(27)33/h2-18H,19H2,1H3,(H,34,39)(H,35,37)(H,36,38)/b28-16-.